The molecule has 0 aliphatic rings. The van der Waals surface area contributed by atoms with Crippen LogP contribution in [0.1, 0.15) is 22.2 Å². The molecule has 5 heteroatoms. The van der Waals surface area contributed by atoms with Gasteiger partial charge >= 0.3 is 0 Å². The second-order valence-corrected chi connectivity index (χ2v) is 5.54. The first kappa shape index (κ1) is 13.8. The summed E-state index contributed by atoms with van der Waals surface area (Å²) < 4.78 is 5.46. The number of hydrogen-bond donors (Lipinski definition) is 1. The number of thiophene rings is 1. The van der Waals surface area contributed by atoms with Crippen LogP contribution in [-0.4, -0.2) is 25.5 Å². The van der Waals surface area contributed by atoms with Crippen molar-refractivity contribution in [2.45, 2.75) is 12.6 Å². The van der Waals surface area contributed by atoms with Gasteiger partial charge in [0.1, 0.15) is 11.8 Å². The molecule has 1 unspecified atom stereocenters. The largest absolute Gasteiger partial charge is 0.468 e. The van der Waals surface area contributed by atoms with Gasteiger partial charge in [0.15, 0.2) is 0 Å². The second kappa shape index (κ2) is 6.53. The highest BCUT2D eigenvalue weighted by Gasteiger charge is 2.16. The van der Waals surface area contributed by atoms with E-state index in [1.54, 1.807) is 17.6 Å². The molecule has 0 fully saturated rings. The summed E-state index contributed by atoms with van der Waals surface area (Å²) in [5.41, 5.74) is 0.733. The van der Waals surface area contributed by atoms with Gasteiger partial charge in [-0.2, -0.15) is 5.26 Å². The fourth-order valence-electron chi connectivity index (χ4n) is 1.88. The molecule has 0 aromatic carbocycles. The Morgan fingerprint density at radius 2 is 2.37 bits per heavy atom. The van der Waals surface area contributed by atoms with E-state index >= 15 is 0 Å². The minimum Gasteiger partial charge on any atom is -0.468 e. The molecule has 0 aliphatic carbocycles. The van der Waals surface area contributed by atoms with Crippen LogP contribution in [-0.2, 0) is 6.54 Å². The van der Waals surface area contributed by atoms with Crippen LogP contribution < -0.4 is 5.32 Å². The van der Waals surface area contributed by atoms with E-state index in [0.717, 1.165) is 24.4 Å². The van der Waals surface area contributed by atoms with Gasteiger partial charge in [-0.3, -0.25) is 4.90 Å². The van der Waals surface area contributed by atoms with Crippen LogP contribution in [0.5, 0.6) is 0 Å². The molecule has 0 radical (unpaired) electrons. The Morgan fingerprint density at radius 1 is 1.53 bits per heavy atom. The van der Waals surface area contributed by atoms with E-state index < -0.39 is 0 Å². The van der Waals surface area contributed by atoms with E-state index in [0.29, 0.717) is 0 Å². The highest BCUT2D eigenvalue weighted by atomic mass is 32.1. The fourth-order valence-corrected chi connectivity index (χ4v) is 2.66. The highest BCUT2D eigenvalue weighted by molar-refractivity contribution is 7.10. The van der Waals surface area contributed by atoms with Crippen molar-refractivity contribution in [2.75, 3.05) is 20.6 Å². The van der Waals surface area contributed by atoms with Gasteiger partial charge in [-0.05, 0) is 32.3 Å². The number of nitrogens with one attached hydrogen (secondary N) is 1. The highest BCUT2D eigenvalue weighted by Crippen LogP contribution is 2.18. The zero-order chi connectivity index (χ0) is 13.7. The Bertz CT molecular complexity index is 539. The Kier molecular flexibility index (Phi) is 4.74. The number of likely N-dealkylation sites (N-methyl/N-ethyl adjacent to an activating group) is 1. The number of furan rings is 1. The monoisotopic (exact) mass is 275 g/mol. The molecule has 0 spiro atoms. The van der Waals surface area contributed by atoms with Crippen LogP contribution in [0.15, 0.2) is 34.3 Å². The van der Waals surface area contributed by atoms with E-state index in [4.69, 9.17) is 9.68 Å². The smallest absolute Gasteiger partial charge is 0.122 e. The third-order valence-electron chi connectivity index (χ3n) is 2.91. The molecule has 2 rings (SSSR count). The van der Waals surface area contributed by atoms with Crippen LogP contribution in [0.25, 0.3) is 0 Å². The Hall–Kier alpha value is -1.61. The SMILES string of the molecule is CN(C)C(CNCc1cc(C#N)cs1)c1ccco1. The third kappa shape index (κ3) is 3.67. The van der Waals surface area contributed by atoms with Crippen LogP contribution in [0, 0.1) is 11.3 Å². The first-order valence-corrected chi connectivity index (χ1v) is 6.96. The molecular weight excluding hydrogens is 258 g/mol. The zero-order valence-electron chi connectivity index (χ0n) is 11.1. The van der Waals surface area contributed by atoms with Crippen LogP contribution in [0.2, 0.25) is 0 Å². The lowest BCUT2D eigenvalue weighted by atomic mass is 10.2. The number of rotatable bonds is 6. The number of nitrogens with zero attached hydrogens (tertiary/aromatic N) is 2. The molecule has 19 heavy (non-hydrogen) atoms. The van der Waals surface area contributed by atoms with Crippen molar-refractivity contribution < 1.29 is 4.42 Å². The summed E-state index contributed by atoms with van der Waals surface area (Å²) in [6.07, 6.45) is 1.70. The van der Waals surface area contributed by atoms with E-state index in [2.05, 4.69) is 16.3 Å². The van der Waals surface area contributed by atoms with E-state index in [9.17, 15) is 0 Å². The molecule has 1 atom stereocenters. The summed E-state index contributed by atoms with van der Waals surface area (Å²) in [6, 6.07) is 8.18. The Labute approximate surface area is 117 Å². The Balaban J connectivity index is 1.88. The topological polar surface area (TPSA) is 52.2 Å². The molecule has 0 saturated heterocycles. The van der Waals surface area contributed by atoms with Gasteiger partial charge in [-0.15, -0.1) is 11.3 Å². The molecule has 0 bridgehead atoms. The first-order chi connectivity index (χ1) is 9.20. The standard InChI is InChI=1S/C14H17N3OS/c1-17(2)13(14-4-3-5-18-14)9-16-8-12-6-11(7-15)10-19-12/h3-6,10,13,16H,8-9H2,1-2H3. The van der Waals surface area contributed by atoms with Crippen LogP contribution in [0.4, 0.5) is 0 Å². The summed E-state index contributed by atoms with van der Waals surface area (Å²) in [6.45, 7) is 1.58. The van der Waals surface area contributed by atoms with Crippen molar-refractivity contribution in [3.8, 4) is 6.07 Å². The number of nitriles is 1. The maximum Gasteiger partial charge on any atom is 0.122 e. The summed E-state index contributed by atoms with van der Waals surface area (Å²) >= 11 is 1.61. The molecule has 4 nitrogen and oxygen atoms in total. The normalized spacial score (nSPS) is 12.5. The molecule has 0 amide bonds. The van der Waals surface area contributed by atoms with Crippen molar-refractivity contribution in [1.29, 1.82) is 5.26 Å². The summed E-state index contributed by atoms with van der Waals surface area (Å²) in [4.78, 5) is 3.30. The lowest BCUT2D eigenvalue weighted by molar-refractivity contribution is 0.250. The van der Waals surface area contributed by atoms with Gasteiger partial charge in [0.2, 0.25) is 0 Å². The lowest BCUT2D eigenvalue weighted by Crippen LogP contribution is -2.30. The molecule has 0 saturated carbocycles. The second-order valence-electron chi connectivity index (χ2n) is 4.54. The van der Waals surface area contributed by atoms with Crippen molar-refractivity contribution >= 4 is 11.3 Å². The summed E-state index contributed by atoms with van der Waals surface area (Å²) in [5, 5.41) is 14.1. The fraction of sp³-hybridized carbons (Fsp3) is 0.357. The maximum absolute atomic E-state index is 8.78. The molecule has 1 N–H and O–H groups in total. The molecule has 0 aliphatic heterocycles. The van der Waals surface area contributed by atoms with Gasteiger partial charge in [0.05, 0.1) is 17.9 Å². The third-order valence-corrected chi connectivity index (χ3v) is 3.85. The van der Waals surface area contributed by atoms with Crippen molar-refractivity contribution in [3.05, 3.63) is 46.0 Å². The van der Waals surface area contributed by atoms with Gasteiger partial charge in [0, 0.05) is 23.3 Å². The predicted octanol–water partition coefficient (Wildman–Crippen LogP) is 2.61. The van der Waals surface area contributed by atoms with Gasteiger partial charge in [0.25, 0.3) is 0 Å². The first-order valence-electron chi connectivity index (χ1n) is 6.08. The molecule has 2 aromatic rings. The number of hydrogen-bond acceptors (Lipinski definition) is 5. The van der Waals surface area contributed by atoms with Gasteiger partial charge in [-0.25, -0.2) is 0 Å². The van der Waals surface area contributed by atoms with Crippen molar-refractivity contribution in [3.63, 3.8) is 0 Å². The lowest BCUT2D eigenvalue weighted by Gasteiger charge is -2.22. The molecule has 100 valence electrons. The molecule has 2 heterocycles. The average molecular weight is 275 g/mol. The van der Waals surface area contributed by atoms with Crippen molar-refractivity contribution in [1.82, 2.24) is 10.2 Å². The van der Waals surface area contributed by atoms with Gasteiger partial charge < -0.3 is 9.73 Å². The summed E-state index contributed by atoms with van der Waals surface area (Å²) in [5.74, 6) is 0.960. The summed E-state index contributed by atoms with van der Waals surface area (Å²) in [7, 11) is 4.07. The average Bonchev–Trinajstić information content (AvgIpc) is 3.05. The van der Waals surface area contributed by atoms with E-state index in [-0.39, 0.29) is 6.04 Å². The predicted molar refractivity (Wildman–Crippen MR) is 75.9 cm³/mol. The molecular formula is C14H17N3OS. The Morgan fingerprint density at radius 3 is 2.95 bits per heavy atom. The van der Waals surface area contributed by atoms with Crippen molar-refractivity contribution in [2.24, 2.45) is 0 Å². The maximum atomic E-state index is 8.78. The quantitative estimate of drug-likeness (QED) is 0.880. The van der Waals surface area contributed by atoms with Crippen LogP contribution in [0.3, 0.4) is 0 Å². The van der Waals surface area contributed by atoms with E-state index in [1.165, 1.54) is 4.88 Å². The molecule has 2 aromatic heterocycles. The minimum atomic E-state index is 0.213. The van der Waals surface area contributed by atoms with Gasteiger partial charge in [-0.1, -0.05) is 0 Å². The van der Waals surface area contributed by atoms with E-state index in [1.807, 2.05) is 37.7 Å². The van der Waals surface area contributed by atoms with Crippen LogP contribution >= 0.6 is 11.3 Å². The zero-order valence-corrected chi connectivity index (χ0v) is 11.9. The minimum absolute atomic E-state index is 0.213.